The number of hydrogen-bond donors (Lipinski definition) is 3. The van der Waals surface area contributed by atoms with Gasteiger partial charge in [0.15, 0.2) is 0 Å². The number of nitrogens with two attached hydrogens (primary N) is 1. The Labute approximate surface area is 119 Å². The molecule has 2 aromatic rings. The lowest BCUT2D eigenvalue weighted by molar-refractivity contribution is -0.136. The van der Waals surface area contributed by atoms with Crippen molar-refractivity contribution in [1.29, 1.82) is 0 Å². The van der Waals surface area contributed by atoms with Gasteiger partial charge in [-0.05, 0) is 30.3 Å². The number of anilines is 2. The Hall–Kier alpha value is -2.96. The van der Waals surface area contributed by atoms with Crippen LogP contribution in [0.5, 0.6) is 0 Å². The lowest BCUT2D eigenvalue weighted by Gasteiger charge is -2.07. The minimum absolute atomic E-state index is 0.140. The van der Waals surface area contributed by atoms with Gasteiger partial charge in [-0.2, -0.15) is 0 Å². The Morgan fingerprint density at radius 2 is 2.05 bits per heavy atom. The number of carboxylic acid groups (broad SMARTS) is 1. The van der Waals surface area contributed by atoms with Crippen LogP contribution in [0.4, 0.5) is 15.8 Å². The van der Waals surface area contributed by atoms with Gasteiger partial charge in [0.05, 0.1) is 29.6 Å². The highest BCUT2D eigenvalue weighted by molar-refractivity contribution is 6.04. The summed E-state index contributed by atoms with van der Waals surface area (Å²) in [5, 5.41) is 11.1. The van der Waals surface area contributed by atoms with Crippen molar-refractivity contribution in [3.05, 3.63) is 53.6 Å². The van der Waals surface area contributed by atoms with Crippen molar-refractivity contribution in [3.63, 3.8) is 0 Å². The van der Waals surface area contributed by atoms with Crippen LogP contribution in [0.2, 0.25) is 0 Å². The van der Waals surface area contributed by atoms with Crippen molar-refractivity contribution in [2.24, 2.45) is 0 Å². The van der Waals surface area contributed by atoms with Crippen LogP contribution in [0.1, 0.15) is 16.1 Å². The van der Waals surface area contributed by atoms with E-state index in [0.717, 1.165) is 6.07 Å². The molecule has 0 aliphatic carbocycles. The predicted octanol–water partition coefficient (Wildman–Crippen LogP) is 1.68. The van der Waals surface area contributed by atoms with Gasteiger partial charge < -0.3 is 16.2 Å². The summed E-state index contributed by atoms with van der Waals surface area (Å²) in [4.78, 5) is 26.3. The van der Waals surface area contributed by atoms with E-state index >= 15 is 0 Å². The SMILES string of the molecule is Nc1ccc(C(=O)Nc2ccc(CC(=O)O)nc2)c(F)c1. The molecule has 0 spiro atoms. The van der Waals surface area contributed by atoms with Crippen molar-refractivity contribution in [1.82, 2.24) is 4.98 Å². The second kappa shape index (κ2) is 6.00. The lowest BCUT2D eigenvalue weighted by atomic mass is 10.1. The number of nitrogen functional groups attached to an aromatic ring is 1. The first kappa shape index (κ1) is 14.4. The smallest absolute Gasteiger partial charge is 0.309 e. The normalized spacial score (nSPS) is 10.1. The maximum atomic E-state index is 13.6. The molecule has 0 bridgehead atoms. The summed E-state index contributed by atoms with van der Waals surface area (Å²) in [6, 6.07) is 6.74. The van der Waals surface area contributed by atoms with Crippen LogP contribution in [0.3, 0.4) is 0 Å². The van der Waals surface area contributed by atoms with Gasteiger partial charge in [0, 0.05) is 5.69 Å². The number of benzene rings is 1. The van der Waals surface area contributed by atoms with Gasteiger partial charge in [-0.3, -0.25) is 14.6 Å². The Bertz CT molecular complexity index is 686. The average Bonchev–Trinajstić information content (AvgIpc) is 2.40. The summed E-state index contributed by atoms with van der Waals surface area (Å²) in [7, 11) is 0. The number of aromatic nitrogens is 1. The summed E-state index contributed by atoms with van der Waals surface area (Å²) in [5.74, 6) is -2.36. The molecule has 1 aromatic heterocycles. The largest absolute Gasteiger partial charge is 0.481 e. The molecule has 108 valence electrons. The summed E-state index contributed by atoms with van der Waals surface area (Å²) < 4.78 is 13.6. The van der Waals surface area contributed by atoms with E-state index in [2.05, 4.69) is 10.3 Å². The second-order valence-electron chi connectivity index (χ2n) is 4.30. The first-order valence-electron chi connectivity index (χ1n) is 5.99. The Morgan fingerprint density at radius 3 is 2.62 bits per heavy atom. The van der Waals surface area contributed by atoms with Gasteiger partial charge in [0.1, 0.15) is 5.82 Å². The highest BCUT2D eigenvalue weighted by Crippen LogP contribution is 2.14. The molecule has 21 heavy (non-hydrogen) atoms. The molecule has 6 nitrogen and oxygen atoms in total. The number of aliphatic carboxylic acids is 1. The first-order valence-corrected chi connectivity index (χ1v) is 5.99. The van der Waals surface area contributed by atoms with Gasteiger partial charge in [0.25, 0.3) is 5.91 Å². The fourth-order valence-corrected chi connectivity index (χ4v) is 1.67. The van der Waals surface area contributed by atoms with E-state index in [1.807, 2.05) is 0 Å². The van der Waals surface area contributed by atoms with Crippen molar-refractivity contribution in [3.8, 4) is 0 Å². The van der Waals surface area contributed by atoms with Crippen LogP contribution in [-0.2, 0) is 11.2 Å². The van der Waals surface area contributed by atoms with E-state index < -0.39 is 17.7 Å². The molecule has 0 saturated heterocycles. The van der Waals surface area contributed by atoms with E-state index in [0.29, 0.717) is 11.4 Å². The molecule has 0 radical (unpaired) electrons. The topological polar surface area (TPSA) is 105 Å². The molecule has 0 fully saturated rings. The molecule has 4 N–H and O–H groups in total. The summed E-state index contributed by atoms with van der Waals surface area (Å²) in [6.45, 7) is 0. The fraction of sp³-hybridized carbons (Fsp3) is 0.0714. The number of pyridine rings is 1. The zero-order valence-electron chi connectivity index (χ0n) is 10.8. The van der Waals surface area contributed by atoms with E-state index in [-0.39, 0.29) is 17.7 Å². The van der Waals surface area contributed by atoms with Crippen LogP contribution in [-0.4, -0.2) is 22.0 Å². The van der Waals surface area contributed by atoms with Gasteiger partial charge in [-0.1, -0.05) is 0 Å². The van der Waals surface area contributed by atoms with Crippen molar-refractivity contribution in [2.45, 2.75) is 6.42 Å². The van der Waals surface area contributed by atoms with Gasteiger partial charge in [-0.15, -0.1) is 0 Å². The highest BCUT2D eigenvalue weighted by atomic mass is 19.1. The third-order valence-electron chi connectivity index (χ3n) is 2.65. The zero-order chi connectivity index (χ0) is 15.4. The molecule has 0 unspecified atom stereocenters. The number of rotatable bonds is 4. The molecule has 7 heteroatoms. The van der Waals surface area contributed by atoms with Crippen LogP contribution in [0, 0.1) is 5.82 Å². The number of nitrogens with one attached hydrogen (secondary N) is 1. The fourth-order valence-electron chi connectivity index (χ4n) is 1.67. The molecule has 1 amide bonds. The summed E-state index contributed by atoms with van der Waals surface area (Å²) >= 11 is 0. The van der Waals surface area contributed by atoms with E-state index in [1.165, 1.54) is 30.5 Å². The van der Waals surface area contributed by atoms with Crippen molar-refractivity contribution >= 4 is 23.3 Å². The molecular weight excluding hydrogens is 277 g/mol. The van der Waals surface area contributed by atoms with Crippen molar-refractivity contribution in [2.75, 3.05) is 11.1 Å². The van der Waals surface area contributed by atoms with Gasteiger partial charge in [0.2, 0.25) is 0 Å². The second-order valence-corrected chi connectivity index (χ2v) is 4.30. The number of amides is 1. The van der Waals surface area contributed by atoms with Crippen LogP contribution in [0.15, 0.2) is 36.5 Å². The van der Waals surface area contributed by atoms with Crippen LogP contribution < -0.4 is 11.1 Å². The maximum absolute atomic E-state index is 13.6. The average molecular weight is 289 g/mol. The first-order chi connectivity index (χ1) is 9.95. The molecule has 0 saturated carbocycles. The third-order valence-corrected chi connectivity index (χ3v) is 2.65. The minimum Gasteiger partial charge on any atom is -0.481 e. The standard InChI is InChI=1S/C14H12FN3O3/c15-12-5-8(16)1-4-11(12)14(21)18-10-3-2-9(17-7-10)6-13(19)20/h1-5,7H,6,16H2,(H,18,21)(H,19,20). The Kier molecular flexibility index (Phi) is 4.13. The minimum atomic E-state index is -0.997. The highest BCUT2D eigenvalue weighted by Gasteiger charge is 2.12. The molecule has 2 rings (SSSR count). The van der Waals surface area contributed by atoms with E-state index in [1.54, 1.807) is 0 Å². The van der Waals surface area contributed by atoms with Gasteiger partial charge >= 0.3 is 5.97 Å². The molecule has 1 aromatic carbocycles. The number of nitrogens with zero attached hydrogens (tertiary/aromatic N) is 1. The van der Waals surface area contributed by atoms with Crippen LogP contribution in [0.25, 0.3) is 0 Å². The number of halogens is 1. The molecular formula is C14H12FN3O3. The summed E-state index contributed by atoms with van der Waals surface area (Å²) in [5.41, 5.74) is 6.19. The lowest BCUT2D eigenvalue weighted by Crippen LogP contribution is -2.14. The van der Waals surface area contributed by atoms with E-state index in [4.69, 9.17) is 10.8 Å². The summed E-state index contributed by atoms with van der Waals surface area (Å²) in [6.07, 6.45) is 1.10. The number of carbonyl (C=O) groups excluding carboxylic acids is 1. The Balaban J connectivity index is 2.10. The third kappa shape index (κ3) is 3.75. The quantitative estimate of drug-likeness (QED) is 0.743. The monoisotopic (exact) mass is 289 g/mol. The molecule has 0 atom stereocenters. The zero-order valence-corrected chi connectivity index (χ0v) is 10.8. The van der Waals surface area contributed by atoms with Gasteiger partial charge in [-0.25, -0.2) is 4.39 Å². The number of carboxylic acids is 1. The molecule has 0 aliphatic rings. The molecule has 1 heterocycles. The molecule has 0 aliphatic heterocycles. The van der Waals surface area contributed by atoms with E-state index in [9.17, 15) is 14.0 Å². The predicted molar refractivity (Wildman–Crippen MR) is 74.3 cm³/mol. The van der Waals surface area contributed by atoms with Crippen molar-refractivity contribution < 1.29 is 19.1 Å². The number of hydrogen-bond acceptors (Lipinski definition) is 4. The number of carbonyl (C=O) groups is 2. The maximum Gasteiger partial charge on any atom is 0.309 e. The van der Waals surface area contributed by atoms with Crippen LogP contribution >= 0.6 is 0 Å². The Morgan fingerprint density at radius 1 is 1.29 bits per heavy atom.